The van der Waals surface area contributed by atoms with Crippen molar-refractivity contribution in [3.05, 3.63) is 18.2 Å². The number of aliphatic carboxylic acids is 1. The van der Waals surface area contributed by atoms with Crippen molar-refractivity contribution >= 4 is 28.1 Å². The van der Waals surface area contributed by atoms with E-state index in [0.29, 0.717) is 0 Å². The maximum Gasteiger partial charge on any atom is 0.475 e. The molecule has 1 atom stereocenters. The van der Waals surface area contributed by atoms with Crippen LogP contribution in [0.1, 0.15) is 0 Å². The van der Waals surface area contributed by atoms with Gasteiger partial charge in [-0.2, -0.15) is 13.2 Å². The highest BCUT2D eigenvalue weighted by molar-refractivity contribution is 7.86. The van der Waals surface area contributed by atoms with E-state index in [1.807, 2.05) is 0 Å². The Kier molecular flexibility index (Phi) is 4.17. The molecule has 18 heavy (non-hydrogen) atoms. The fourth-order valence-electron chi connectivity index (χ4n) is 1.12. The highest BCUT2D eigenvalue weighted by Gasteiger charge is 2.38. The number of nitrogens with one attached hydrogen (secondary N) is 1. The van der Waals surface area contributed by atoms with E-state index in [1.165, 1.54) is 0 Å². The van der Waals surface area contributed by atoms with Crippen molar-refractivity contribution in [1.29, 1.82) is 0 Å². The number of nitrogens with two attached hydrogens (primary N) is 1. The molecule has 1 rings (SSSR count). The first kappa shape index (κ1) is 14.3. The first-order valence-corrected chi connectivity index (χ1v) is 5.70. The van der Waals surface area contributed by atoms with Crippen LogP contribution in [0, 0.1) is 0 Å². The van der Waals surface area contributed by atoms with Gasteiger partial charge in [-0.25, -0.2) is 4.21 Å². The van der Waals surface area contributed by atoms with Gasteiger partial charge in [-0.15, -0.1) is 0 Å². The molecule has 0 fully saturated rings. The molecule has 1 aromatic rings. The Balaban J connectivity index is 2.92. The van der Waals surface area contributed by atoms with Crippen molar-refractivity contribution in [1.82, 2.24) is 0 Å². The minimum Gasteiger partial charge on any atom is -0.480 e. The summed E-state index contributed by atoms with van der Waals surface area (Å²) in [5.74, 6) is -1.14. The fourth-order valence-corrected chi connectivity index (χ4v) is 1.81. The zero-order valence-corrected chi connectivity index (χ0v) is 9.64. The lowest BCUT2D eigenvalue weighted by Gasteiger charge is -2.10. The van der Waals surface area contributed by atoms with Crippen LogP contribution in [0.2, 0.25) is 0 Å². The molecule has 1 unspecified atom stereocenters. The second-order valence-electron chi connectivity index (χ2n) is 3.21. The molecule has 0 aliphatic rings. The predicted octanol–water partition coefficient (Wildman–Crippen LogP) is 1.39. The van der Waals surface area contributed by atoms with E-state index in [-0.39, 0.29) is 11.4 Å². The first-order chi connectivity index (χ1) is 8.21. The maximum absolute atomic E-state index is 12.2. The van der Waals surface area contributed by atoms with Crippen molar-refractivity contribution < 1.29 is 27.3 Å². The van der Waals surface area contributed by atoms with E-state index in [9.17, 15) is 22.2 Å². The molecule has 9 heteroatoms. The number of hydrogen-bond acceptors (Lipinski definition) is 4. The van der Waals surface area contributed by atoms with E-state index in [2.05, 4.69) is 5.32 Å². The third-order valence-electron chi connectivity index (χ3n) is 1.88. The molecule has 0 heterocycles. The Bertz CT molecular complexity index is 490. The van der Waals surface area contributed by atoms with E-state index < -0.39 is 33.7 Å². The molecule has 0 aromatic heterocycles. The van der Waals surface area contributed by atoms with E-state index in [0.717, 1.165) is 18.2 Å². The third kappa shape index (κ3) is 3.62. The maximum atomic E-state index is 12.2. The molecule has 0 radical (unpaired) electrons. The zero-order chi connectivity index (χ0) is 13.9. The van der Waals surface area contributed by atoms with Crippen molar-refractivity contribution in [3.63, 3.8) is 0 Å². The molecule has 0 bridgehead atoms. The number of nitrogen functional groups attached to an aromatic ring is 1. The van der Waals surface area contributed by atoms with Crippen molar-refractivity contribution in [2.45, 2.75) is 10.4 Å². The second-order valence-corrected chi connectivity index (χ2v) is 4.68. The molecule has 0 aliphatic carbocycles. The lowest BCUT2D eigenvalue weighted by molar-refractivity contribution is -0.134. The summed E-state index contributed by atoms with van der Waals surface area (Å²) in [5.41, 5.74) is 0.634. The molecular weight excluding hydrogens is 273 g/mol. The van der Waals surface area contributed by atoms with Gasteiger partial charge in [0.15, 0.2) is 10.8 Å². The van der Waals surface area contributed by atoms with Gasteiger partial charge in [-0.1, -0.05) is 0 Å². The predicted molar refractivity (Wildman–Crippen MR) is 59.4 cm³/mol. The lowest BCUT2D eigenvalue weighted by Crippen LogP contribution is -2.17. The molecule has 4 N–H and O–H groups in total. The Labute approximate surface area is 102 Å². The zero-order valence-electron chi connectivity index (χ0n) is 8.82. The number of carboxylic acids is 1. The Morgan fingerprint density at radius 2 is 2.06 bits per heavy atom. The number of carboxylic acid groups (broad SMARTS) is 1. The number of hydrogen-bond donors (Lipinski definition) is 3. The average molecular weight is 282 g/mol. The van der Waals surface area contributed by atoms with Gasteiger partial charge in [0.25, 0.3) is 0 Å². The molecule has 1 aromatic carbocycles. The average Bonchev–Trinajstić information content (AvgIpc) is 2.24. The SMILES string of the molecule is Nc1cc(S(=O)C(F)(F)F)ccc1NCC(=O)O. The molecule has 100 valence electrons. The molecular formula is C9H9F3N2O3S. The normalized spacial score (nSPS) is 13.1. The minimum atomic E-state index is -4.86. The van der Waals surface area contributed by atoms with Gasteiger partial charge in [0, 0.05) is 0 Å². The van der Waals surface area contributed by atoms with Gasteiger partial charge in [-0.3, -0.25) is 4.79 Å². The Morgan fingerprint density at radius 1 is 1.44 bits per heavy atom. The summed E-state index contributed by atoms with van der Waals surface area (Å²) >= 11 is 0. The van der Waals surface area contributed by atoms with Crippen LogP contribution >= 0.6 is 0 Å². The van der Waals surface area contributed by atoms with Gasteiger partial charge in [0.2, 0.25) is 0 Å². The van der Waals surface area contributed by atoms with Gasteiger partial charge in [-0.05, 0) is 18.2 Å². The highest BCUT2D eigenvalue weighted by Crippen LogP contribution is 2.29. The van der Waals surface area contributed by atoms with Crippen LogP contribution in [0.4, 0.5) is 24.5 Å². The number of halogens is 3. The number of benzene rings is 1. The van der Waals surface area contributed by atoms with Crippen LogP contribution in [0.25, 0.3) is 0 Å². The van der Waals surface area contributed by atoms with Crippen molar-refractivity contribution in [2.75, 3.05) is 17.6 Å². The van der Waals surface area contributed by atoms with Crippen LogP contribution in [0.3, 0.4) is 0 Å². The van der Waals surface area contributed by atoms with Gasteiger partial charge < -0.3 is 16.2 Å². The lowest BCUT2D eigenvalue weighted by atomic mass is 10.2. The van der Waals surface area contributed by atoms with Crippen LogP contribution in [-0.4, -0.2) is 27.3 Å². The summed E-state index contributed by atoms with van der Waals surface area (Å²) in [4.78, 5) is 9.80. The molecule has 0 saturated heterocycles. The van der Waals surface area contributed by atoms with Gasteiger partial charge >= 0.3 is 11.5 Å². The van der Waals surface area contributed by atoms with E-state index >= 15 is 0 Å². The van der Waals surface area contributed by atoms with E-state index in [4.69, 9.17) is 10.8 Å². The molecule has 0 amide bonds. The van der Waals surface area contributed by atoms with Crippen LogP contribution in [0.15, 0.2) is 23.1 Å². The Morgan fingerprint density at radius 3 is 2.50 bits per heavy atom. The van der Waals surface area contributed by atoms with Crippen LogP contribution in [0.5, 0.6) is 0 Å². The summed E-state index contributed by atoms with van der Waals surface area (Å²) in [7, 11) is -3.16. The fraction of sp³-hybridized carbons (Fsp3) is 0.222. The second kappa shape index (κ2) is 5.25. The summed E-state index contributed by atoms with van der Waals surface area (Å²) < 4.78 is 47.6. The summed E-state index contributed by atoms with van der Waals surface area (Å²) in [6, 6.07) is 3.02. The molecule has 0 saturated carbocycles. The van der Waals surface area contributed by atoms with Gasteiger partial charge in [0.05, 0.1) is 16.3 Å². The number of alkyl halides is 3. The number of carbonyl (C=O) groups is 1. The highest BCUT2D eigenvalue weighted by atomic mass is 32.2. The monoisotopic (exact) mass is 282 g/mol. The number of rotatable bonds is 4. The molecule has 0 spiro atoms. The summed E-state index contributed by atoms with van der Waals surface area (Å²) in [6.45, 7) is -0.425. The van der Waals surface area contributed by atoms with Gasteiger partial charge in [0.1, 0.15) is 6.54 Å². The minimum absolute atomic E-state index is 0.105. The topological polar surface area (TPSA) is 92.4 Å². The largest absolute Gasteiger partial charge is 0.480 e. The number of anilines is 2. The summed E-state index contributed by atoms with van der Waals surface area (Å²) in [5, 5.41) is 10.8. The third-order valence-corrected chi connectivity index (χ3v) is 2.98. The van der Waals surface area contributed by atoms with Crippen LogP contribution in [-0.2, 0) is 15.6 Å². The van der Waals surface area contributed by atoms with E-state index in [1.54, 1.807) is 0 Å². The Hall–Kier alpha value is -1.77. The van der Waals surface area contributed by atoms with Crippen molar-refractivity contribution in [2.24, 2.45) is 0 Å². The first-order valence-electron chi connectivity index (χ1n) is 4.55. The summed E-state index contributed by atoms with van der Waals surface area (Å²) in [6.07, 6.45) is 0. The molecule has 5 nitrogen and oxygen atoms in total. The quantitative estimate of drug-likeness (QED) is 0.726. The molecule has 0 aliphatic heterocycles. The van der Waals surface area contributed by atoms with Crippen LogP contribution < -0.4 is 11.1 Å². The standard InChI is InChI=1S/C9H9F3N2O3S/c10-9(11,12)18(17)5-1-2-7(6(13)3-5)14-4-8(15)16/h1-3,14H,4,13H2,(H,15,16). The smallest absolute Gasteiger partial charge is 0.475 e. The van der Waals surface area contributed by atoms with Crippen molar-refractivity contribution in [3.8, 4) is 0 Å².